The molecule has 3 rings (SSSR count). The van der Waals surface area contributed by atoms with Gasteiger partial charge in [-0.3, -0.25) is 4.79 Å². The zero-order valence-corrected chi connectivity index (χ0v) is 20.5. The molecule has 35 heavy (non-hydrogen) atoms. The molecule has 0 saturated carbocycles. The largest absolute Gasteiger partial charge is 0.426 e. The molecule has 0 aliphatic carbocycles. The maximum Gasteiger partial charge on any atom is 0.338 e. The number of rotatable bonds is 10. The van der Waals surface area contributed by atoms with Gasteiger partial charge >= 0.3 is 11.9 Å². The number of hydrogen-bond acceptors (Lipinski definition) is 5. The van der Waals surface area contributed by atoms with Crippen molar-refractivity contribution >= 4 is 11.9 Å². The molecule has 0 fully saturated rings. The lowest BCUT2D eigenvalue weighted by molar-refractivity contribution is -0.139. The van der Waals surface area contributed by atoms with Crippen molar-refractivity contribution in [3.8, 4) is 33.8 Å². The van der Waals surface area contributed by atoms with Gasteiger partial charge in [-0.1, -0.05) is 62.4 Å². The van der Waals surface area contributed by atoms with Crippen LogP contribution in [0.15, 0.2) is 78.9 Å². The van der Waals surface area contributed by atoms with Gasteiger partial charge in [0.25, 0.3) is 0 Å². The number of aliphatic hydroxyl groups excluding tert-OH is 1. The molecule has 1 atom stereocenters. The first-order valence-electron chi connectivity index (χ1n) is 11.9. The smallest absolute Gasteiger partial charge is 0.338 e. The van der Waals surface area contributed by atoms with Crippen LogP contribution in [0.1, 0.15) is 39.2 Å². The zero-order valence-electron chi connectivity index (χ0n) is 20.5. The van der Waals surface area contributed by atoms with Crippen LogP contribution in [0.25, 0.3) is 22.3 Å². The van der Waals surface area contributed by atoms with Gasteiger partial charge < -0.3 is 14.6 Å². The highest BCUT2D eigenvalue weighted by Gasteiger charge is 2.16. The van der Waals surface area contributed by atoms with E-state index >= 15 is 0 Å². The lowest BCUT2D eigenvalue weighted by Gasteiger charge is -2.15. The first-order valence-corrected chi connectivity index (χ1v) is 11.9. The number of aryl methyl sites for hydroxylation is 1. The average molecular weight is 473 g/mol. The van der Waals surface area contributed by atoms with Crippen LogP contribution in [0.2, 0.25) is 0 Å². The fraction of sp³-hybridized carbons (Fsp3) is 0.267. The summed E-state index contributed by atoms with van der Waals surface area (Å²) in [6.45, 7) is 8.73. The third kappa shape index (κ3) is 6.90. The predicted octanol–water partition coefficient (Wildman–Crippen LogP) is 6.38. The van der Waals surface area contributed by atoms with Gasteiger partial charge in [0.2, 0.25) is 0 Å². The van der Waals surface area contributed by atoms with Crippen molar-refractivity contribution in [2.24, 2.45) is 5.92 Å². The van der Waals surface area contributed by atoms with E-state index in [4.69, 9.17) is 9.47 Å². The topological polar surface area (TPSA) is 72.8 Å². The van der Waals surface area contributed by atoms with Crippen molar-refractivity contribution < 1.29 is 24.2 Å². The molecule has 0 saturated heterocycles. The minimum Gasteiger partial charge on any atom is -0.426 e. The van der Waals surface area contributed by atoms with Crippen LogP contribution in [-0.4, -0.2) is 23.7 Å². The van der Waals surface area contributed by atoms with E-state index in [1.165, 1.54) is 5.56 Å². The van der Waals surface area contributed by atoms with Gasteiger partial charge in [-0.2, -0.15) is 0 Å². The summed E-state index contributed by atoms with van der Waals surface area (Å²) in [5, 5.41) is 9.27. The summed E-state index contributed by atoms with van der Waals surface area (Å²) in [7, 11) is 0. The number of carbonyl (C=O) groups is 2. The van der Waals surface area contributed by atoms with Crippen molar-refractivity contribution in [3.63, 3.8) is 0 Å². The van der Waals surface area contributed by atoms with Gasteiger partial charge in [0, 0.05) is 5.57 Å². The summed E-state index contributed by atoms with van der Waals surface area (Å²) in [5.41, 5.74) is 5.37. The van der Waals surface area contributed by atoms with Crippen molar-refractivity contribution in [2.45, 2.75) is 40.0 Å². The maximum absolute atomic E-state index is 12.2. The zero-order chi connectivity index (χ0) is 25.4. The molecule has 5 heteroatoms. The number of unbranched alkanes of at least 4 members (excludes halogenated alkanes) is 1. The Morgan fingerprint density at radius 1 is 0.886 bits per heavy atom. The Hall–Kier alpha value is -3.70. The molecule has 0 aliphatic heterocycles. The molecule has 0 bridgehead atoms. The molecule has 182 valence electrons. The van der Waals surface area contributed by atoms with Crippen molar-refractivity contribution in [3.05, 3.63) is 84.4 Å². The fourth-order valence-electron chi connectivity index (χ4n) is 3.50. The van der Waals surface area contributed by atoms with E-state index in [9.17, 15) is 14.7 Å². The first kappa shape index (κ1) is 25.9. The second-order valence-corrected chi connectivity index (χ2v) is 8.71. The summed E-state index contributed by atoms with van der Waals surface area (Å²) in [4.78, 5) is 24.1. The van der Waals surface area contributed by atoms with Gasteiger partial charge in [-0.05, 0) is 78.8 Å². The summed E-state index contributed by atoms with van der Waals surface area (Å²) in [5.74, 6) is -0.705. The summed E-state index contributed by atoms with van der Waals surface area (Å²) >= 11 is 0. The van der Waals surface area contributed by atoms with E-state index in [2.05, 4.69) is 37.8 Å². The quantitative estimate of drug-likeness (QED) is 0.211. The molecule has 0 radical (unpaired) electrons. The number of ether oxygens (including phenoxy) is 2. The Balaban J connectivity index is 1.97. The van der Waals surface area contributed by atoms with Crippen molar-refractivity contribution in [1.29, 1.82) is 0 Å². The first-order chi connectivity index (χ1) is 16.8. The van der Waals surface area contributed by atoms with Gasteiger partial charge in [-0.15, -0.1) is 0 Å². The molecular formula is C30H32O5. The molecule has 0 heterocycles. The van der Waals surface area contributed by atoms with Crippen LogP contribution < -0.4 is 9.47 Å². The number of benzene rings is 3. The molecule has 0 aromatic heterocycles. The van der Waals surface area contributed by atoms with Crippen LogP contribution in [0.4, 0.5) is 0 Å². The Morgan fingerprint density at radius 2 is 1.49 bits per heavy atom. The van der Waals surface area contributed by atoms with E-state index in [1.807, 2.05) is 24.3 Å². The Labute approximate surface area is 207 Å². The molecule has 0 aliphatic rings. The van der Waals surface area contributed by atoms with Crippen LogP contribution >= 0.6 is 0 Å². The highest BCUT2D eigenvalue weighted by Crippen LogP contribution is 2.36. The van der Waals surface area contributed by atoms with Crippen LogP contribution in [-0.2, 0) is 16.0 Å². The minimum absolute atomic E-state index is 0.273. The van der Waals surface area contributed by atoms with Crippen molar-refractivity contribution in [2.75, 3.05) is 6.61 Å². The van der Waals surface area contributed by atoms with Gasteiger partial charge in [-0.25, -0.2) is 4.79 Å². The predicted molar refractivity (Wildman–Crippen MR) is 138 cm³/mol. The summed E-state index contributed by atoms with van der Waals surface area (Å²) < 4.78 is 10.8. The van der Waals surface area contributed by atoms with Crippen LogP contribution in [0.5, 0.6) is 11.5 Å². The van der Waals surface area contributed by atoms with Crippen molar-refractivity contribution in [1.82, 2.24) is 0 Å². The number of hydrogen-bond donors (Lipinski definition) is 1. The number of esters is 2. The average Bonchev–Trinajstić information content (AvgIpc) is 2.87. The molecule has 1 unspecified atom stereocenters. The van der Waals surface area contributed by atoms with E-state index in [0.717, 1.165) is 41.5 Å². The number of aliphatic hydroxyl groups is 1. The van der Waals surface area contributed by atoms with Crippen LogP contribution in [0.3, 0.4) is 0 Å². The highest BCUT2D eigenvalue weighted by atomic mass is 16.5. The van der Waals surface area contributed by atoms with E-state index in [0.29, 0.717) is 17.1 Å². The lowest BCUT2D eigenvalue weighted by atomic mass is 9.93. The molecule has 5 nitrogen and oxygen atoms in total. The van der Waals surface area contributed by atoms with E-state index < -0.39 is 17.9 Å². The number of carbonyl (C=O) groups excluding carboxylic acids is 2. The Morgan fingerprint density at radius 3 is 2.09 bits per heavy atom. The highest BCUT2D eigenvalue weighted by molar-refractivity contribution is 5.89. The molecule has 1 N–H and O–H groups in total. The van der Waals surface area contributed by atoms with Gasteiger partial charge in [0.15, 0.2) is 0 Å². The Kier molecular flexibility index (Phi) is 8.98. The molecule has 0 amide bonds. The molecule has 0 spiro atoms. The van der Waals surface area contributed by atoms with Gasteiger partial charge in [0.05, 0.1) is 12.5 Å². The van der Waals surface area contributed by atoms with E-state index in [-0.39, 0.29) is 6.61 Å². The summed E-state index contributed by atoms with van der Waals surface area (Å²) in [6, 6.07) is 21.1. The standard InChI is InChI=1S/C30H32O5/c1-5-6-7-22-8-10-24(11-9-22)28-18-26(35-30(33)21(4)19-31)16-17-27(28)23-12-14-25(15-13-23)34-29(32)20(2)3/h8-18,21,31H,2,5-7,19H2,1,3-4H3. The fourth-order valence-corrected chi connectivity index (χ4v) is 3.50. The lowest BCUT2D eigenvalue weighted by Crippen LogP contribution is -2.20. The maximum atomic E-state index is 12.2. The third-order valence-corrected chi connectivity index (χ3v) is 5.69. The van der Waals surface area contributed by atoms with E-state index in [1.54, 1.807) is 32.0 Å². The second-order valence-electron chi connectivity index (χ2n) is 8.71. The second kappa shape index (κ2) is 12.1. The molecule has 3 aromatic carbocycles. The molecular weight excluding hydrogens is 440 g/mol. The monoisotopic (exact) mass is 472 g/mol. The molecule has 3 aromatic rings. The van der Waals surface area contributed by atoms with Gasteiger partial charge in [0.1, 0.15) is 11.5 Å². The normalized spacial score (nSPS) is 11.5. The third-order valence-electron chi connectivity index (χ3n) is 5.69. The summed E-state index contributed by atoms with van der Waals surface area (Å²) in [6.07, 6.45) is 3.31. The Bertz CT molecular complexity index is 1180. The van der Waals surface area contributed by atoms with Crippen LogP contribution in [0, 0.1) is 5.92 Å². The minimum atomic E-state index is -0.606. The SMILES string of the molecule is C=C(C)C(=O)Oc1ccc(-c2ccc(OC(=O)C(C)CO)cc2-c2ccc(CCCC)cc2)cc1.